The number of benzene rings is 1. The van der Waals surface area contributed by atoms with Gasteiger partial charge in [0.25, 0.3) is 10.2 Å². The maximum Gasteiger partial charge on any atom is 0.282 e. The average molecular weight is 309 g/mol. The first-order valence-corrected chi connectivity index (χ1v) is 7.57. The zero-order chi connectivity index (χ0) is 14.8. The van der Waals surface area contributed by atoms with E-state index < -0.39 is 16.0 Å². The van der Waals surface area contributed by atoms with Crippen molar-refractivity contribution in [3.8, 4) is 0 Å². The monoisotopic (exact) mass is 308 g/mol. The molecule has 19 heavy (non-hydrogen) atoms. The highest BCUT2D eigenvalue weighted by Gasteiger charge is 2.26. The molecule has 0 spiro atoms. The molecule has 0 saturated heterocycles. The predicted molar refractivity (Wildman–Crippen MR) is 74.7 cm³/mol. The van der Waals surface area contributed by atoms with E-state index in [1.54, 1.807) is 13.8 Å². The molecule has 0 unspecified atom stereocenters. The van der Waals surface area contributed by atoms with E-state index in [2.05, 4.69) is 0 Å². The molecule has 108 valence electrons. The van der Waals surface area contributed by atoms with Crippen LogP contribution < -0.4 is 0 Å². The second-order valence-electron chi connectivity index (χ2n) is 4.57. The molecule has 0 aliphatic carbocycles. The van der Waals surface area contributed by atoms with E-state index in [0.717, 1.165) is 4.31 Å². The van der Waals surface area contributed by atoms with Crippen molar-refractivity contribution >= 4 is 21.8 Å². The van der Waals surface area contributed by atoms with Crippen LogP contribution in [0.25, 0.3) is 0 Å². The molecule has 0 atom stereocenters. The molecule has 0 bridgehead atoms. The molecular formula is C12H18ClFN2O2S. The van der Waals surface area contributed by atoms with Gasteiger partial charge in [0.05, 0.1) is 0 Å². The third-order valence-electron chi connectivity index (χ3n) is 2.93. The van der Waals surface area contributed by atoms with Crippen LogP contribution in [-0.4, -0.2) is 37.2 Å². The molecule has 1 rings (SSSR count). The molecule has 7 heteroatoms. The van der Waals surface area contributed by atoms with Gasteiger partial charge in [0.15, 0.2) is 0 Å². The molecule has 0 N–H and O–H groups in total. The van der Waals surface area contributed by atoms with E-state index >= 15 is 0 Å². The molecule has 0 aliphatic rings. The minimum absolute atomic E-state index is 0.106. The van der Waals surface area contributed by atoms with Crippen LogP contribution in [0.15, 0.2) is 18.2 Å². The number of hydrogen-bond acceptors (Lipinski definition) is 2. The Hall–Kier alpha value is -0.690. The molecule has 1 aromatic rings. The summed E-state index contributed by atoms with van der Waals surface area (Å²) >= 11 is 5.89. The van der Waals surface area contributed by atoms with Crippen LogP contribution in [0.1, 0.15) is 19.4 Å². The second-order valence-corrected chi connectivity index (χ2v) is 7.08. The normalized spacial score (nSPS) is 12.7. The van der Waals surface area contributed by atoms with Gasteiger partial charge in [-0.2, -0.15) is 17.0 Å². The van der Waals surface area contributed by atoms with E-state index in [9.17, 15) is 12.8 Å². The summed E-state index contributed by atoms with van der Waals surface area (Å²) in [4.78, 5) is 0. The molecule has 0 fully saturated rings. The largest absolute Gasteiger partial charge is 0.282 e. The highest BCUT2D eigenvalue weighted by Crippen LogP contribution is 2.22. The Balaban J connectivity index is 3.00. The zero-order valence-corrected chi connectivity index (χ0v) is 13.0. The summed E-state index contributed by atoms with van der Waals surface area (Å²) in [7, 11) is -0.743. The second kappa shape index (κ2) is 6.17. The number of nitrogens with zero attached hydrogens (tertiary/aromatic N) is 2. The molecule has 0 amide bonds. The van der Waals surface area contributed by atoms with Crippen LogP contribution in [0.4, 0.5) is 4.39 Å². The highest BCUT2D eigenvalue weighted by atomic mass is 35.5. The Morgan fingerprint density at radius 1 is 1.32 bits per heavy atom. The summed E-state index contributed by atoms with van der Waals surface area (Å²) in [5.41, 5.74) is 0.174. The fourth-order valence-electron chi connectivity index (χ4n) is 1.47. The quantitative estimate of drug-likeness (QED) is 0.838. The Morgan fingerprint density at radius 3 is 2.37 bits per heavy atom. The highest BCUT2D eigenvalue weighted by molar-refractivity contribution is 7.86. The molecule has 0 aromatic heterocycles. The van der Waals surface area contributed by atoms with Crippen molar-refractivity contribution in [1.82, 2.24) is 8.61 Å². The van der Waals surface area contributed by atoms with Crippen molar-refractivity contribution in [2.24, 2.45) is 0 Å². The SMILES string of the molecule is CC(C)N(C)S(=O)(=O)N(C)Cc1c(F)cccc1Cl. The Labute approximate surface area is 119 Å². The van der Waals surface area contributed by atoms with Gasteiger partial charge in [0.2, 0.25) is 0 Å². The van der Waals surface area contributed by atoms with Gasteiger partial charge < -0.3 is 0 Å². The molecule has 0 heterocycles. The van der Waals surface area contributed by atoms with Gasteiger partial charge >= 0.3 is 0 Å². The lowest BCUT2D eigenvalue weighted by Crippen LogP contribution is -2.42. The van der Waals surface area contributed by atoms with Gasteiger partial charge in [-0.3, -0.25) is 0 Å². The van der Waals surface area contributed by atoms with Crippen LogP contribution in [0, 0.1) is 5.82 Å². The lowest BCUT2D eigenvalue weighted by atomic mass is 10.2. The van der Waals surface area contributed by atoms with Gasteiger partial charge in [-0.25, -0.2) is 4.39 Å². The van der Waals surface area contributed by atoms with E-state index in [1.165, 1.54) is 36.6 Å². The molecular weight excluding hydrogens is 291 g/mol. The lowest BCUT2D eigenvalue weighted by molar-refractivity contribution is 0.353. The summed E-state index contributed by atoms with van der Waals surface area (Å²) < 4.78 is 40.3. The van der Waals surface area contributed by atoms with Crippen LogP contribution >= 0.6 is 11.6 Å². The Morgan fingerprint density at radius 2 is 1.89 bits per heavy atom. The van der Waals surface area contributed by atoms with Gasteiger partial charge in [-0.15, -0.1) is 0 Å². The fraction of sp³-hybridized carbons (Fsp3) is 0.500. The Kier molecular flexibility index (Phi) is 5.32. The summed E-state index contributed by atoms with van der Waals surface area (Å²) in [5.74, 6) is -0.512. The smallest absolute Gasteiger partial charge is 0.207 e. The van der Waals surface area contributed by atoms with Crippen molar-refractivity contribution < 1.29 is 12.8 Å². The standard InChI is InChI=1S/C12H18ClFN2O2S/c1-9(2)16(4)19(17,18)15(3)8-10-11(13)6-5-7-12(10)14/h5-7,9H,8H2,1-4H3. The first-order valence-electron chi connectivity index (χ1n) is 5.80. The topological polar surface area (TPSA) is 40.6 Å². The van der Waals surface area contributed by atoms with Crippen molar-refractivity contribution in [2.75, 3.05) is 14.1 Å². The minimum atomic E-state index is -3.63. The van der Waals surface area contributed by atoms with Crippen molar-refractivity contribution in [1.29, 1.82) is 0 Å². The molecule has 0 aliphatic heterocycles. The predicted octanol–water partition coefficient (Wildman–Crippen LogP) is 2.50. The molecule has 0 radical (unpaired) electrons. The summed E-state index contributed by atoms with van der Waals surface area (Å²) in [6, 6.07) is 4.10. The van der Waals surface area contributed by atoms with Gasteiger partial charge in [0, 0.05) is 37.3 Å². The van der Waals surface area contributed by atoms with E-state index in [4.69, 9.17) is 11.6 Å². The third-order valence-corrected chi connectivity index (χ3v) is 5.35. The Bertz CT molecular complexity index is 528. The van der Waals surface area contributed by atoms with Crippen molar-refractivity contribution in [2.45, 2.75) is 26.4 Å². The van der Waals surface area contributed by atoms with E-state index in [1.807, 2.05) is 0 Å². The zero-order valence-electron chi connectivity index (χ0n) is 11.4. The van der Waals surface area contributed by atoms with Crippen molar-refractivity contribution in [3.05, 3.63) is 34.6 Å². The molecule has 0 saturated carbocycles. The maximum atomic E-state index is 13.6. The lowest BCUT2D eigenvalue weighted by Gasteiger charge is -2.27. The fourth-order valence-corrected chi connectivity index (χ4v) is 2.96. The summed E-state index contributed by atoms with van der Waals surface area (Å²) in [6.07, 6.45) is 0. The first-order chi connectivity index (χ1) is 8.67. The van der Waals surface area contributed by atoms with Gasteiger partial charge in [-0.1, -0.05) is 17.7 Å². The first kappa shape index (κ1) is 16.4. The van der Waals surface area contributed by atoms with E-state index in [-0.39, 0.29) is 23.2 Å². The number of hydrogen-bond donors (Lipinski definition) is 0. The molecule has 4 nitrogen and oxygen atoms in total. The molecule has 1 aromatic carbocycles. The summed E-state index contributed by atoms with van der Waals surface area (Å²) in [5, 5.41) is 0.217. The van der Waals surface area contributed by atoms with Crippen LogP contribution in [-0.2, 0) is 16.8 Å². The summed E-state index contributed by atoms with van der Waals surface area (Å²) in [6.45, 7) is 3.42. The van der Waals surface area contributed by atoms with Gasteiger partial charge in [0.1, 0.15) is 5.82 Å². The van der Waals surface area contributed by atoms with Crippen LogP contribution in [0.2, 0.25) is 5.02 Å². The number of rotatable bonds is 5. The minimum Gasteiger partial charge on any atom is -0.207 e. The number of halogens is 2. The maximum absolute atomic E-state index is 13.6. The van der Waals surface area contributed by atoms with Crippen LogP contribution in [0.5, 0.6) is 0 Å². The van der Waals surface area contributed by atoms with E-state index in [0.29, 0.717) is 0 Å². The van der Waals surface area contributed by atoms with Gasteiger partial charge in [-0.05, 0) is 26.0 Å². The van der Waals surface area contributed by atoms with Crippen LogP contribution in [0.3, 0.4) is 0 Å². The third kappa shape index (κ3) is 3.66. The van der Waals surface area contributed by atoms with Crippen molar-refractivity contribution in [3.63, 3.8) is 0 Å². The average Bonchev–Trinajstić information content (AvgIpc) is 2.32.